The third-order valence-electron chi connectivity index (χ3n) is 1.86. The van der Waals surface area contributed by atoms with Crippen LogP contribution in [-0.2, 0) is 0 Å². The van der Waals surface area contributed by atoms with Crippen molar-refractivity contribution in [2.24, 2.45) is 0 Å². The molecule has 0 radical (unpaired) electrons. The van der Waals surface area contributed by atoms with Gasteiger partial charge in [0.05, 0.1) is 10.3 Å². The first-order valence-electron chi connectivity index (χ1n) is 3.69. The maximum absolute atomic E-state index is 13.3. The van der Waals surface area contributed by atoms with Gasteiger partial charge < -0.3 is 5.11 Å². The number of benzene rings is 1. The van der Waals surface area contributed by atoms with Crippen molar-refractivity contribution in [3.05, 3.63) is 32.5 Å². The zero-order chi connectivity index (χ0) is 10.3. The van der Waals surface area contributed by atoms with Crippen molar-refractivity contribution >= 4 is 50.0 Å². The largest absolute Gasteiger partial charge is 0.478 e. The number of hydrogen-bond donors (Lipinski definition) is 1. The van der Waals surface area contributed by atoms with E-state index >= 15 is 0 Å². The van der Waals surface area contributed by atoms with Gasteiger partial charge in [0.1, 0.15) is 5.82 Å². The lowest BCUT2D eigenvalue weighted by Crippen LogP contribution is -1.96. The Hall–Kier alpha value is -0.690. The molecule has 0 aliphatic heterocycles. The Morgan fingerprint density at radius 1 is 1.50 bits per heavy atom. The Morgan fingerprint density at radius 3 is 2.86 bits per heavy atom. The van der Waals surface area contributed by atoms with Gasteiger partial charge in [-0.15, -0.1) is 11.3 Å². The molecule has 0 aliphatic rings. The molecule has 72 valence electrons. The predicted octanol–water partition coefficient (Wildman–Crippen LogP) is 3.34. The van der Waals surface area contributed by atoms with E-state index in [1.54, 1.807) is 5.38 Å². The van der Waals surface area contributed by atoms with Gasteiger partial charge in [-0.25, -0.2) is 9.18 Å². The fourth-order valence-electron chi connectivity index (χ4n) is 1.24. The van der Waals surface area contributed by atoms with E-state index < -0.39 is 5.97 Å². The zero-order valence-electron chi connectivity index (χ0n) is 6.75. The molecule has 2 rings (SSSR count). The molecule has 2 aromatic rings. The molecule has 0 amide bonds. The summed E-state index contributed by atoms with van der Waals surface area (Å²) in [4.78, 5) is 10.8. The number of hydrogen-bond acceptors (Lipinski definition) is 2. The average Bonchev–Trinajstić information content (AvgIpc) is 2.49. The molecule has 0 aliphatic carbocycles. The number of carbonyl (C=O) groups is 1. The van der Waals surface area contributed by atoms with E-state index in [4.69, 9.17) is 5.11 Å². The van der Waals surface area contributed by atoms with Gasteiger partial charge in [-0.05, 0) is 34.7 Å². The smallest absolute Gasteiger partial charge is 0.337 e. The molecule has 0 unspecified atom stereocenters. The van der Waals surface area contributed by atoms with Gasteiger partial charge >= 0.3 is 5.97 Å². The van der Waals surface area contributed by atoms with Crippen molar-refractivity contribution in [1.29, 1.82) is 0 Å². The van der Waals surface area contributed by atoms with Crippen LogP contribution in [0, 0.1) is 9.39 Å². The molecule has 0 atom stereocenters. The molecule has 1 aromatic heterocycles. The number of halogens is 2. The van der Waals surface area contributed by atoms with Crippen LogP contribution in [0.25, 0.3) is 10.1 Å². The topological polar surface area (TPSA) is 37.3 Å². The SMILES string of the molecule is O=C(O)c1ccc(F)c2c(I)csc12. The van der Waals surface area contributed by atoms with E-state index in [-0.39, 0.29) is 11.4 Å². The van der Waals surface area contributed by atoms with E-state index in [1.165, 1.54) is 23.5 Å². The second-order valence-corrected chi connectivity index (χ2v) is 4.73. The lowest BCUT2D eigenvalue weighted by molar-refractivity contribution is 0.0699. The van der Waals surface area contributed by atoms with E-state index in [0.717, 1.165) is 3.57 Å². The van der Waals surface area contributed by atoms with Crippen LogP contribution < -0.4 is 0 Å². The lowest BCUT2D eigenvalue weighted by atomic mass is 10.1. The van der Waals surface area contributed by atoms with E-state index in [0.29, 0.717) is 10.1 Å². The fraction of sp³-hybridized carbons (Fsp3) is 0. The van der Waals surface area contributed by atoms with Gasteiger partial charge in [-0.1, -0.05) is 0 Å². The maximum Gasteiger partial charge on any atom is 0.337 e. The van der Waals surface area contributed by atoms with Crippen LogP contribution in [0.15, 0.2) is 17.5 Å². The van der Waals surface area contributed by atoms with Crippen LogP contribution in [0.1, 0.15) is 10.4 Å². The molecule has 1 N–H and O–H groups in total. The van der Waals surface area contributed by atoms with Gasteiger partial charge in [0.2, 0.25) is 0 Å². The summed E-state index contributed by atoms with van der Waals surface area (Å²) in [6.45, 7) is 0. The number of carboxylic acids is 1. The van der Waals surface area contributed by atoms with Crippen molar-refractivity contribution in [3.63, 3.8) is 0 Å². The molecule has 0 saturated carbocycles. The summed E-state index contributed by atoms with van der Waals surface area (Å²) in [5.41, 5.74) is 0.161. The van der Waals surface area contributed by atoms with Crippen molar-refractivity contribution in [2.75, 3.05) is 0 Å². The highest BCUT2D eigenvalue weighted by atomic mass is 127. The standard InChI is InChI=1S/C9H4FIO2S/c10-5-2-1-4(9(12)13)8-7(5)6(11)3-14-8/h1-3H,(H,12,13). The predicted molar refractivity (Wildman–Crippen MR) is 61.5 cm³/mol. The summed E-state index contributed by atoms with van der Waals surface area (Å²) < 4.78 is 14.6. The molecular formula is C9H4FIO2S. The average molecular weight is 322 g/mol. The van der Waals surface area contributed by atoms with Crippen molar-refractivity contribution in [2.45, 2.75) is 0 Å². The Kier molecular flexibility index (Phi) is 2.44. The summed E-state index contributed by atoms with van der Waals surface area (Å²) in [6.07, 6.45) is 0. The molecule has 0 saturated heterocycles. The van der Waals surface area contributed by atoms with Crippen LogP contribution in [0.2, 0.25) is 0 Å². The van der Waals surface area contributed by atoms with Gasteiger partial charge in [-0.2, -0.15) is 0 Å². The fourth-order valence-corrected chi connectivity index (χ4v) is 3.28. The van der Waals surface area contributed by atoms with Crippen LogP contribution >= 0.6 is 33.9 Å². The highest BCUT2D eigenvalue weighted by Crippen LogP contribution is 2.32. The number of thiophene rings is 1. The first-order valence-corrected chi connectivity index (χ1v) is 5.65. The molecule has 0 bridgehead atoms. The van der Waals surface area contributed by atoms with Gasteiger partial charge in [-0.3, -0.25) is 0 Å². The van der Waals surface area contributed by atoms with E-state index in [2.05, 4.69) is 0 Å². The normalized spacial score (nSPS) is 10.7. The Labute approximate surface area is 96.5 Å². The van der Waals surface area contributed by atoms with E-state index in [9.17, 15) is 9.18 Å². The minimum Gasteiger partial charge on any atom is -0.478 e. The second kappa shape index (κ2) is 3.47. The quantitative estimate of drug-likeness (QED) is 0.818. The zero-order valence-corrected chi connectivity index (χ0v) is 9.73. The summed E-state index contributed by atoms with van der Waals surface area (Å²) in [7, 11) is 0. The van der Waals surface area contributed by atoms with Crippen molar-refractivity contribution in [3.8, 4) is 0 Å². The van der Waals surface area contributed by atoms with Gasteiger partial charge in [0.25, 0.3) is 0 Å². The number of aromatic carboxylic acids is 1. The van der Waals surface area contributed by atoms with Crippen LogP contribution in [-0.4, -0.2) is 11.1 Å². The monoisotopic (exact) mass is 322 g/mol. The molecule has 14 heavy (non-hydrogen) atoms. The van der Waals surface area contributed by atoms with Crippen molar-refractivity contribution in [1.82, 2.24) is 0 Å². The third-order valence-corrected chi connectivity index (χ3v) is 4.14. The molecule has 1 aromatic carbocycles. The molecule has 0 spiro atoms. The van der Waals surface area contributed by atoms with Crippen LogP contribution in [0.3, 0.4) is 0 Å². The second-order valence-electron chi connectivity index (χ2n) is 2.69. The Morgan fingerprint density at radius 2 is 2.21 bits per heavy atom. The van der Waals surface area contributed by atoms with E-state index in [1.807, 2.05) is 22.6 Å². The Balaban J connectivity index is 2.90. The molecule has 0 fully saturated rings. The minimum absolute atomic E-state index is 0.161. The lowest BCUT2D eigenvalue weighted by Gasteiger charge is -1.98. The maximum atomic E-state index is 13.3. The van der Waals surface area contributed by atoms with Crippen LogP contribution in [0.4, 0.5) is 4.39 Å². The number of fused-ring (bicyclic) bond motifs is 1. The Bertz CT molecular complexity index is 521. The first kappa shape index (κ1) is 9.85. The highest BCUT2D eigenvalue weighted by molar-refractivity contribution is 14.1. The van der Waals surface area contributed by atoms with Gasteiger partial charge in [0.15, 0.2) is 0 Å². The van der Waals surface area contributed by atoms with Crippen LogP contribution in [0.5, 0.6) is 0 Å². The molecule has 1 heterocycles. The van der Waals surface area contributed by atoms with Crippen molar-refractivity contribution < 1.29 is 14.3 Å². The number of rotatable bonds is 1. The highest BCUT2D eigenvalue weighted by Gasteiger charge is 2.14. The summed E-state index contributed by atoms with van der Waals surface area (Å²) in [5.74, 6) is -1.39. The van der Waals surface area contributed by atoms with Gasteiger partial charge in [0, 0.05) is 14.3 Å². The summed E-state index contributed by atoms with van der Waals surface area (Å²) >= 11 is 3.25. The summed E-state index contributed by atoms with van der Waals surface area (Å²) in [5, 5.41) is 11.0. The third kappa shape index (κ3) is 1.40. The number of carboxylic acid groups (broad SMARTS) is 1. The molecule has 5 heteroatoms. The minimum atomic E-state index is -1.02. The molecular weight excluding hydrogens is 318 g/mol. The first-order chi connectivity index (χ1) is 6.61. The molecule has 2 nitrogen and oxygen atoms in total. The summed E-state index contributed by atoms with van der Waals surface area (Å²) in [6, 6.07) is 2.49.